The summed E-state index contributed by atoms with van der Waals surface area (Å²) in [6.45, 7) is 6.20. The predicted octanol–water partition coefficient (Wildman–Crippen LogP) is 2.78. The van der Waals surface area contributed by atoms with Crippen molar-refractivity contribution in [1.29, 1.82) is 0 Å². The van der Waals surface area contributed by atoms with E-state index >= 15 is 0 Å². The van der Waals surface area contributed by atoms with Gasteiger partial charge in [-0.3, -0.25) is 9.78 Å². The summed E-state index contributed by atoms with van der Waals surface area (Å²) < 4.78 is 5.72. The van der Waals surface area contributed by atoms with Crippen molar-refractivity contribution in [2.24, 2.45) is 0 Å². The van der Waals surface area contributed by atoms with E-state index in [-0.39, 0.29) is 5.91 Å². The number of carbonyl (C=O) groups is 1. The van der Waals surface area contributed by atoms with Crippen molar-refractivity contribution in [1.82, 2.24) is 10.3 Å². The molecular formula is C17H20N2O2. The molecule has 21 heavy (non-hydrogen) atoms. The molecule has 1 amide bonds. The van der Waals surface area contributed by atoms with Crippen LogP contribution in [0, 0.1) is 13.8 Å². The Kier molecular flexibility index (Phi) is 4.93. The third kappa shape index (κ3) is 4.31. The summed E-state index contributed by atoms with van der Waals surface area (Å²) >= 11 is 0. The Balaban J connectivity index is 1.90. The van der Waals surface area contributed by atoms with Crippen LogP contribution in [-0.2, 0) is 11.3 Å². The van der Waals surface area contributed by atoms with Gasteiger partial charge in [0.1, 0.15) is 5.75 Å². The van der Waals surface area contributed by atoms with Crippen molar-refractivity contribution in [3.05, 3.63) is 59.4 Å². The number of ether oxygens (including phenoxy) is 1. The van der Waals surface area contributed by atoms with Crippen LogP contribution in [0.1, 0.15) is 23.6 Å². The Morgan fingerprint density at radius 1 is 1.33 bits per heavy atom. The summed E-state index contributed by atoms with van der Waals surface area (Å²) in [6, 6.07) is 9.67. The summed E-state index contributed by atoms with van der Waals surface area (Å²) in [5, 5.41) is 2.85. The minimum atomic E-state index is -0.539. The van der Waals surface area contributed by atoms with Crippen molar-refractivity contribution < 1.29 is 9.53 Å². The molecule has 0 aliphatic carbocycles. The maximum absolute atomic E-state index is 12.0. The van der Waals surface area contributed by atoms with E-state index in [0.717, 1.165) is 16.9 Å². The highest BCUT2D eigenvalue weighted by molar-refractivity contribution is 5.80. The minimum Gasteiger partial charge on any atom is -0.481 e. The first-order valence-corrected chi connectivity index (χ1v) is 6.97. The summed E-state index contributed by atoms with van der Waals surface area (Å²) in [7, 11) is 0. The lowest BCUT2D eigenvalue weighted by atomic mass is 10.1. The highest BCUT2D eigenvalue weighted by Gasteiger charge is 2.15. The van der Waals surface area contributed by atoms with E-state index in [1.54, 1.807) is 19.3 Å². The molecule has 2 rings (SSSR count). The second kappa shape index (κ2) is 6.88. The van der Waals surface area contributed by atoms with Gasteiger partial charge >= 0.3 is 0 Å². The van der Waals surface area contributed by atoms with Gasteiger partial charge in [-0.05, 0) is 44.0 Å². The second-order valence-electron chi connectivity index (χ2n) is 5.11. The molecule has 1 N–H and O–H groups in total. The maximum Gasteiger partial charge on any atom is 0.261 e. The van der Waals surface area contributed by atoms with Crippen LogP contribution >= 0.6 is 0 Å². The number of rotatable bonds is 5. The Hall–Kier alpha value is -2.36. The van der Waals surface area contributed by atoms with Crippen molar-refractivity contribution in [3.63, 3.8) is 0 Å². The van der Waals surface area contributed by atoms with Gasteiger partial charge in [0, 0.05) is 18.9 Å². The van der Waals surface area contributed by atoms with Crippen LogP contribution in [0.3, 0.4) is 0 Å². The number of pyridine rings is 1. The average molecular weight is 284 g/mol. The quantitative estimate of drug-likeness (QED) is 0.918. The van der Waals surface area contributed by atoms with Gasteiger partial charge in [0.25, 0.3) is 5.91 Å². The minimum absolute atomic E-state index is 0.140. The van der Waals surface area contributed by atoms with Gasteiger partial charge in [0.05, 0.1) is 0 Å². The molecular weight excluding hydrogens is 264 g/mol. The molecule has 1 heterocycles. The van der Waals surface area contributed by atoms with Crippen LogP contribution in [0.4, 0.5) is 0 Å². The van der Waals surface area contributed by atoms with Gasteiger partial charge in [-0.2, -0.15) is 0 Å². The first kappa shape index (κ1) is 15.0. The highest BCUT2D eigenvalue weighted by atomic mass is 16.5. The Labute approximate surface area is 125 Å². The molecule has 4 nitrogen and oxygen atoms in total. The molecule has 1 unspecified atom stereocenters. The molecule has 0 spiro atoms. The van der Waals surface area contributed by atoms with E-state index in [9.17, 15) is 4.79 Å². The summed E-state index contributed by atoms with van der Waals surface area (Å²) in [5.74, 6) is 0.600. The molecule has 110 valence electrons. The average Bonchev–Trinajstić information content (AvgIpc) is 2.48. The molecule has 0 bridgehead atoms. The monoisotopic (exact) mass is 284 g/mol. The fourth-order valence-corrected chi connectivity index (χ4v) is 2.01. The number of hydrogen-bond acceptors (Lipinski definition) is 3. The van der Waals surface area contributed by atoms with Crippen molar-refractivity contribution in [3.8, 4) is 5.75 Å². The third-order valence-electron chi connectivity index (χ3n) is 3.19. The zero-order chi connectivity index (χ0) is 15.2. The molecule has 0 aliphatic heterocycles. The van der Waals surface area contributed by atoms with E-state index in [4.69, 9.17) is 4.74 Å². The van der Waals surface area contributed by atoms with Gasteiger partial charge in [0.2, 0.25) is 0 Å². The van der Waals surface area contributed by atoms with Gasteiger partial charge in [-0.1, -0.05) is 23.8 Å². The Bertz CT molecular complexity index is 611. The normalized spacial score (nSPS) is 11.8. The fourth-order valence-electron chi connectivity index (χ4n) is 2.01. The molecule has 1 atom stereocenters. The third-order valence-corrected chi connectivity index (χ3v) is 3.19. The van der Waals surface area contributed by atoms with Crippen LogP contribution in [0.15, 0.2) is 42.7 Å². The lowest BCUT2D eigenvalue weighted by molar-refractivity contribution is -0.127. The number of nitrogens with one attached hydrogen (secondary N) is 1. The second-order valence-corrected chi connectivity index (χ2v) is 5.11. The first-order chi connectivity index (χ1) is 10.1. The number of hydrogen-bond donors (Lipinski definition) is 1. The first-order valence-electron chi connectivity index (χ1n) is 6.97. The SMILES string of the molecule is Cc1ccc(OC(C)C(=O)NCc2cccnc2)c(C)c1. The topological polar surface area (TPSA) is 51.2 Å². The zero-order valence-electron chi connectivity index (χ0n) is 12.6. The van der Waals surface area contributed by atoms with Crippen molar-refractivity contribution in [2.75, 3.05) is 0 Å². The molecule has 0 saturated carbocycles. The molecule has 2 aromatic rings. The van der Waals surface area contributed by atoms with Crippen LogP contribution in [0.25, 0.3) is 0 Å². The number of amides is 1. The van der Waals surface area contributed by atoms with Crippen LogP contribution in [0.5, 0.6) is 5.75 Å². The summed E-state index contributed by atoms with van der Waals surface area (Å²) in [5.41, 5.74) is 3.17. The Morgan fingerprint density at radius 3 is 2.81 bits per heavy atom. The lowest BCUT2D eigenvalue weighted by Gasteiger charge is -2.16. The van der Waals surface area contributed by atoms with Crippen LogP contribution in [0.2, 0.25) is 0 Å². The molecule has 1 aromatic heterocycles. The van der Waals surface area contributed by atoms with Crippen molar-refractivity contribution in [2.45, 2.75) is 33.4 Å². The molecule has 4 heteroatoms. The lowest BCUT2D eigenvalue weighted by Crippen LogP contribution is -2.36. The van der Waals surface area contributed by atoms with Gasteiger partial charge in [-0.25, -0.2) is 0 Å². The smallest absolute Gasteiger partial charge is 0.261 e. The zero-order valence-corrected chi connectivity index (χ0v) is 12.6. The van der Waals surface area contributed by atoms with E-state index in [0.29, 0.717) is 6.54 Å². The van der Waals surface area contributed by atoms with Gasteiger partial charge in [0.15, 0.2) is 6.10 Å². The van der Waals surface area contributed by atoms with E-state index in [1.165, 1.54) is 5.56 Å². The summed E-state index contributed by atoms with van der Waals surface area (Å²) in [6.07, 6.45) is 2.90. The summed E-state index contributed by atoms with van der Waals surface area (Å²) in [4.78, 5) is 16.1. The van der Waals surface area contributed by atoms with Crippen molar-refractivity contribution >= 4 is 5.91 Å². The fraction of sp³-hybridized carbons (Fsp3) is 0.294. The number of benzene rings is 1. The van der Waals surface area contributed by atoms with E-state index in [2.05, 4.69) is 10.3 Å². The molecule has 1 aromatic carbocycles. The number of nitrogens with zero attached hydrogens (tertiary/aromatic N) is 1. The number of aromatic nitrogens is 1. The van der Waals surface area contributed by atoms with E-state index < -0.39 is 6.10 Å². The number of carbonyl (C=O) groups excluding carboxylic acids is 1. The molecule has 0 aliphatic rings. The standard InChI is InChI=1S/C17H20N2O2/c1-12-6-7-16(13(2)9-12)21-14(3)17(20)19-11-15-5-4-8-18-10-15/h4-10,14H,11H2,1-3H3,(H,19,20). The number of aryl methyl sites for hydroxylation is 2. The molecule has 0 fully saturated rings. The Morgan fingerprint density at radius 2 is 2.14 bits per heavy atom. The van der Waals surface area contributed by atoms with E-state index in [1.807, 2.05) is 44.2 Å². The van der Waals surface area contributed by atoms with Gasteiger partial charge in [-0.15, -0.1) is 0 Å². The molecule has 0 radical (unpaired) electrons. The highest BCUT2D eigenvalue weighted by Crippen LogP contribution is 2.20. The van der Waals surface area contributed by atoms with Crippen LogP contribution < -0.4 is 10.1 Å². The maximum atomic E-state index is 12.0. The largest absolute Gasteiger partial charge is 0.481 e. The predicted molar refractivity (Wildman–Crippen MR) is 82.1 cm³/mol. The van der Waals surface area contributed by atoms with Crippen LogP contribution in [-0.4, -0.2) is 17.0 Å². The molecule has 0 saturated heterocycles. The van der Waals surface area contributed by atoms with Gasteiger partial charge < -0.3 is 10.1 Å².